The van der Waals surface area contributed by atoms with E-state index in [-0.39, 0.29) is 17.3 Å². The lowest BCUT2D eigenvalue weighted by Gasteiger charge is -2.11. The van der Waals surface area contributed by atoms with E-state index < -0.39 is 17.5 Å². The van der Waals surface area contributed by atoms with E-state index in [9.17, 15) is 13.6 Å². The summed E-state index contributed by atoms with van der Waals surface area (Å²) >= 11 is 0. The molecule has 0 saturated heterocycles. The Morgan fingerprint density at radius 2 is 1.70 bits per heavy atom. The highest BCUT2D eigenvalue weighted by Gasteiger charge is 2.13. The smallest absolute Gasteiger partial charge is 0.274 e. The molecule has 0 bridgehead atoms. The first-order chi connectivity index (χ1) is 12.8. The van der Waals surface area contributed by atoms with Gasteiger partial charge in [0.15, 0.2) is 0 Å². The van der Waals surface area contributed by atoms with Gasteiger partial charge in [0.1, 0.15) is 17.3 Å². The molecule has 0 radical (unpaired) electrons. The second-order valence-corrected chi connectivity index (χ2v) is 6.24. The van der Waals surface area contributed by atoms with Crippen LogP contribution in [0.3, 0.4) is 0 Å². The summed E-state index contributed by atoms with van der Waals surface area (Å²) in [6.45, 7) is 5.52. The van der Waals surface area contributed by atoms with Crippen molar-refractivity contribution in [2.24, 2.45) is 0 Å². The van der Waals surface area contributed by atoms with Crippen LogP contribution < -0.4 is 10.6 Å². The molecule has 138 valence electrons. The maximum atomic E-state index is 13.8. The lowest BCUT2D eigenvalue weighted by Crippen LogP contribution is -2.16. The van der Waals surface area contributed by atoms with Crippen LogP contribution in [0.1, 0.15) is 27.3 Å². The number of halogens is 2. The van der Waals surface area contributed by atoms with Crippen LogP contribution in [0.25, 0.3) is 0 Å². The summed E-state index contributed by atoms with van der Waals surface area (Å²) in [6.07, 6.45) is 0. The average Bonchev–Trinajstić information content (AvgIpc) is 2.60. The van der Waals surface area contributed by atoms with Gasteiger partial charge in [-0.3, -0.25) is 4.79 Å². The Balaban J connectivity index is 1.86. The quantitative estimate of drug-likeness (QED) is 0.702. The van der Waals surface area contributed by atoms with Gasteiger partial charge in [-0.25, -0.2) is 18.7 Å². The minimum atomic E-state index is -0.776. The maximum Gasteiger partial charge on any atom is 0.274 e. The molecule has 27 heavy (non-hydrogen) atoms. The number of hydrogen-bond acceptors (Lipinski definition) is 4. The molecule has 0 fully saturated rings. The van der Waals surface area contributed by atoms with Crippen LogP contribution in [0, 0.1) is 32.4 Å². The molecule has 5 nitrogen and oxygen atoms in total. The van der Waals surface area contributed by atoms with Crippen LogP contribution in [0.2, 0.25) is 0 Å². The zero-order chi connectivity index (χ0) is 19.6. The zero-order valence-corrected chi connectivity index (χ0v) is 15.1. The number of carbonyl (C=O) groups excluding carboxylic acids is 1. The molecule has 0 saturated carbocycles. The Morgan fingerprint density at radius 3 is 2.44 bits per heavy atom. The van der Waals surface area contributed by atoms with E-state index in [4.69, 9.17) is 0 Å². The van der Waals surface area contributed by atoms with Gasteiger partial charge in [0, 0.05) is 17.4 Å². The second kappa shape index (κ2) is 7.49. The van der Waals surface area contributed by atoms with Crippen LogP contribution in [-0.2, 0) is 0 Å². The molecule has 0 aliphatic rings. The van der Waals surface area contributed by atoms with Gasteiger partial charge in [0.25, 0.3) is 5.91 Å². The highest BCUT2D eigenvalue weighted by molar-refractivity contribution is 6.03. The van der Waals surface area contributed by atoms with Gasteiger partial charge >= 0.3 is 0 Å². The van der Waals surface area contributed by atoms with Crippen molar-refractivity contribution in [3.63, 3.8) is 0 Å². The molecule has 3 aromatic rings. The number of nitrogens with one attached hydrogen (secondary N) is 2. The number of carbonyl (C=O) groups is 1. The number of anilines is 3. The normalized spacial score (nSPS) is 10.6. The van der Waals surface area contributed by atoms with E-state index in [1.165, 1.54) is 12.1 Å². The molecule has 1 amide bonds. The highest BCUT2D eigenvalue weighted by Crippen LogP contribution is 2.20. The van der Waals surface area contributed by atoms with E-state index in [0.717, 1.165) is 23.3 Å². The van der Waals surface area contributed by atoms with Gasteiger partial charge in [-0.15, -0.1) is 0 Å². The maximum absolute atomic E-state index is 13.8. The summed E-state index contributed by atoms with van der Waals surface area (Å²) < 4.78 is 26.9. The fourth-order valence-corrected chi connectivity index (χ4v) is 2.51. The number of rotatable bonds is 4. The molecule has 1 aromatic heterocycles. The number of aryl methyl sites for hydroxylation is 3. The fourth-order valence-electron chi connectivity index (χ4n) is 2.51. The SMILES string of the molecule is Cc1ccc(C)c(NC(=O)c2cc(C)nc(Nc3ccc(F)cc3F)n2)c1. The predicted molar refractivity (Wildman–Crippen MR) is 100 cm³/mol. The van der Waals surface area contributed by atoms with E-state index in [2.05, 4.69) is 20.6 Å². The second-order valence-electron chi connectivity index (χ2n) is 6.24. The minimum Gasteiger partial charge on any atom is -0.322 e. The number of aromatic nitrogens is 2. The standard InChI is InChI=1S/C20H18F2N4O/c1-11-4-5-12(2)17(8-11)24-19(27)18-9-13(3)23-20(26-18)25-16-7-6-14(21)10-15(16)22/h4-10H,1-3H3,(H,24,27)(H,23,25,26). The Morgan fingerprint density at radius 1 is 0.926 bits per heavy atom. The Bertz CT molecular complexity index is 1020. The molecule has 7 heteroatoms. The summed E-state index contributed by atoms with van der Waals surface area (Å²) in [5.74, 6) is -1.82. The number of benzene rings is 2. The Kier molecular flexibility index (Phi) is 5.12. The third-order valence-corrected chi connectivity index (χ3v) is 3.91. The van der Waals surface area contributed by atoms with Gasteiger partial charge in [0.2, 0.25) is 5.95 Å². The molecule has 3 rings (SSSR count). The lowest BCUT2D eigenvalue weighted by atomic mass is 10.1. The zero-order valence-electron chi connectivity index (χ0n) is 15.1. The summed E-state index contributed by atoms with van der Waals surface area (Å²) in [6, 6.07) is 10.4. The van der Waals surface area contributed by atoms with Crippen LogP contribution in [0.15, 0.2) is 42.5 Å². The number of hydrogen-bond donors (Lipinski definition) is 2. The van der Waals surface area contributed by atoms with Gasteiger partial charge in [-0.1, -0.05) is 12.1 Å². The first kappa shape index (κ1) is 18.4. The van der Waals surface area contributed by atoms with Crippen LogP contribution in [-0.4, -0.2) is 15.9 Å². The molecular weight excluding hydrogens is 350 g/mol. The van der Waals surface area contributed by atoms with Crippen molar-refractivity contribution in [1.29, 1.82) is 0 Å². The van der Waals surface area contributed by atoms with E-state index in [1.807, 2.05) is 32.0 Å². The van der Waals surface area contributed by atoms with E-state index in [0.29, 0.717) is 11.4 Å². The Labute approximate surface area is 155 Å². The molecule has 0 spiro atoms. The van der Waals surface area contributed by atoms with Crippen molar-refractivity contribution in [2.45, 2.75) is 20.8 Å². The van der Waals surface area contributed by atoms with Crippen molar-refractivity contribution in [3.8, 4) is 0 Å². The fraction of sp³-hybridized carbons (Fsp3) is 0.150. The molecule has 0 atom stereocenters. The Hall–Kier alpha value is -3.35. The first-order valence-corrected chi connectivity index (χ1v) is 8.28. The van der Waals surface area contributed by atoms with E-state index >= 15 is 0 Å². The lowest BCUT2D eigenvalue weighted by molar-refractivity contribution is 0.102. The van der Waals surface area contributed by atoms with E-state index in [1.54, 1.807) is 6.92 Å². The minimum absolute atomic E-state index is 0.0166. The molecule has 0 aliphatic carbocycles. The molecule has 1 heterocycles. The molecule has 0 aliphatic heterocycles. The van der Waals surface area contributed by atoms with Crippen LogP contribution in [0.5, 0.6) is 0 Å². The van der Waals surface area contributed by atoms with Crippen molar-refractivity contribution in [2.75, 3.05) is 10.6 Å². The summed E-state index contributed by atoms with van der Waals surface area (Å²) in [4.78, 5) is 20.9. The summed E-state index contributed by atoms with van der Waals surface area (Å²) in [5.41, 5.74) is 3.31. The molecule has 2 aromatic carbocycles. The van der Waals surface area contributed by atoms with Gasteiger partial charge in [0.05, 0.1) is 5.69 Å². The molecule has 2 N–H and O–H groups in total. The van der Waals surface area contributed by atoms with Gasteiger partial charge in [-0.05, 0) is 56.2 Å². The van der Waals surface area contributed by atoms with Crippen molar-refractivity contribution >= 4 is 23.2 Å². The monoisotopic (exact) mass is 368 g/mol. The van der Waals surface area contributed by atoms with Gasteiger partial charge < -0.3 is 10.6 Å². The molecular formula is C20H18F2N4O. The van der Waals surface area contributed by atoms with Crippen molar-refractivity contribution in [3.05, 3.63) is 76.6 Å². The largest absolute Gasteiger partial charge is 0.322 e. The third kappa shape index (κ3) is 4.44. The highest BCUT2D eigenvalue weighted by atomic mass is 19.1. The summed E-state index contributed by atoms with van der Waals surface area (Å²) in [5, 5.41) is 5.50. The van der Waals surface area contributed by atoms with Crippen molar-refractivity contribution < 1.29 is 13.6 Å². The predicted octanol–water partition coefficient (Wildman–Crippen LogP) is 4.68. The van der Waals surface area contributed by atoms with Crippen molar-refractivity contribution in [1.82, 2.24) is 9.97 Å². The van der Waals surface area contributed by atoms with Gasteiger partial charge in [-0.2, -0.15) is 0 Å². The number of amides is 1. The molecule has 0 unspecified atom stereocenters. The van der Waals surface area contributed by atoms with Crippen LogP contribution >= 0.6 is 0 Å². The average molecular weight is 368 g/mol. The number of nitrogens with zero attached hydrogens (tertiary/aromatic N) is 2. The first-order valence-electron chi connectivity index (χ1n) is 8.28. The third-order valence-electron chi connectivity index (χ3n) is 3.91. The summed E-state index contributed by atoms with van der Waals surface area (Å²) in [7, 11) is 0. The van der Waals surface area contributed by atoms with Crippen LogP contribution in [0.4, 0.5) is 26.1 Å². The topological polar surface area (TPSA) is 66.9 Å².